The molecule has 0 saturated heterocycles. The normalized spacial score (nSPS) is 12.4. The van der Waals surface area contributed by atoms with Gasteiger partial charge in [-0.25, -0.2) is 13.2 Å². The summed E-state index contributed by atoms with van der Waals surface area (Å²) in [6.07, 6.45) is 0.324. The van der Waals surface area contributed by atoms with Gasteiger partial charge in [0, 0.05) is 11.6 Å². The van der Waals surface area contributed by atoms with Crippen molar-refractivity contribution in [1.82, 2.24) is 5.32 Å². The Labute approximate surface area is 120 Å². The maximum Gasteiger partial charge on any atom is 0.159 e. The lowest BCUT2D eigenvalue weighted by atomic mass is 9.98. The molecule has 2 rings (SSSR count). The Kier molecular flexibility index (Phi) is 4.68. The average Bonchev–Trinajstić information content (AvgIpc) is 2.43. The fourth-order valence-electron chi connectivity index (χ4n) is 2.06. The van der Waals surface area contributed by atoms with Gasteiger partial charge in [-0.1, -0.05) is 29.8 Å². The molecule has 0 aliphatic heterocycles. The molecule has 0 aromatic heterocycles. The van der Waals surface area contributed by atoms with Crippen LogP contribution in [0.2, 0.25) is 5.02 Å². The molecule has 0 bridgehead atoms. The molecule has 1 unspecified atom stereocenters. The van der Waals surface area contributed by atoms with Crippen molar-refractivity contribution in [2.45, 2.75) is 12.5 Å². The smallest absolute Gasteiger partial charge is 0.159 e. The molecule has 106 valence electrons. The van der Waals surface area contributed by atoms with Crippen molar-refractivity contribution >= 4 is 11.6 Å². The van der Waals surface area contributed by atoms with E-state index in [1.54, 1.807) is 19.2 Å². The number of likely N-dealkylation sites (N-methyl/N-ethyl adjacent to an activating group) is 1. The summed E-state index contributed by atoms with van der Waals surface area (Å²) in [5.41, 5.74) is 0.965. The molecular formula is C15H13ClF3N. The lowest BCUT2D eigenvalue weighted by Gasteiger charge is -2.18. The van der Waals surface area contributed by atoms with E-state index in [1.807, 2.05) is 0 Å². The van der Waals surface area contributed by atoms with E-state index in [0.29, 0.717) is 17.5 Å². The van der Waals surface area contributed by atoms with Crippen LogP contribution in [0.3, 0.4) is 0 Å². The summed E-state index contributed by atoms with van der Waals surface area (Å²) in [4.78, 5) is 0. The Bertz CT molecular complexity index is 616. The molecule has 1 nitrogen and oxygen atoms in total. The lowest BCUT2D eigenvalue weighted by Crippen LogP contribution is -2.20. The Morgan fingerprint density at radius 2 is 1.85 bits per heavy atom. The van der Waals surface area contributed by atoms with Gasteiger partial charge in [-0.2, -0.15) is 0 Å². The molecule has 5 heteroatoms. The fraction of sp³-hybridized carbons (Fsp3) is 0.200. The van der Waals surface area contributed by atoms with E-state index in [4.69, 9.17) is 11.6 Å². The highest BCUT2D eigenvalue weighted by Crippen LogP contribution is 2.26. The average molecular weight is 300 g/mol. The molecular weight excluding hydrogens is 287 g/mol. The van der Waals surface area contributed by atoms with Crippen LogP contribution in [0.5, 0.6) is 0 Å². The molecule has 0 radical (unpaired) electrons. The third-order valence-corrected chi connectivity index (χ3v) is 3.42. The van der Waals surface area contributed by atoms with Gasteiger partial charge in [0.05, 0.1) is 5.02 Å². The van der Waals surface area contributed by atoms with Gasteiger partial charge in [0.2, 0.25) is 0 Å². The monoisotopic (exact) mass is 299 g/mol. The van der Waals surface area contributed by atoms with Gasteiger partial charge in [0.25, 0.3) is 0 Å². The van der Waals surface area contributed by atoms with Crippen LogP contribution in [-0.4, -0.2) is 7.05 Å². The maximum absolute atomic E-state index is 14.0. The van der Waals surface area contributed by atoms with Crippen molar-refractivity contribution in [3.05, 3.63) is 70.0 Å². The third-order valence-electron chi connectivity index (χ3n) is 3.13. The van der Waals surface area contributed by atoms with Gasteiger partial charge in [0.15, 0.2) is 11.6 Å². The second-order valence-electron chi connectivity index (χ2n) is 4.44. The maximum atomic E-state index is 14.0. The van der Waals surface area contributed by atoms with E-state index < -0.39 is 17.5 Å². The van der Waals surface area contributed by atoms with Crippen molar-refractivity contribution in [2.75, 3.05) is 7.05 Å². The van der Waals surface area contributed by atoms with Crippen LogP contribution in [0.15, 0.2) is 36.4 Å². The van der Waals surface area contributed by atoms with Crippen LogP contribution in [0.1, 0.15) is 17.2 Å². The van der Waals surface area contributed by atoms with Gasteiger partial charge in [-0.05, 0) is 37.2 Å². The van der Waals surface area contributed by atoms with E-state index in [1.165, 1.54) is 12.1 Å². The van der Waals surface area contributed by atoms with Crippen LogP contribution in [0.4, 0.5) is 13.2 Å². The lowest BCUT2D eigenvalue weighted by molar-refractivity contribution is 0.502. The molecule has 0 heterocycles. The number of hydrogen-bond donors (Lipinski definition) is 1. The zero-order valence-corrected chi connectivity index (χ0v) is 11.5. The van der Waals surface area contributed by atoms with Crippen molar-refractivity contribution in [3.8, 4) is 0 Å². The van der Waals surface area contributed by atoms with Crippen molar-refractivity contribution in [2.24, 2.45) is 0 Å². The first-order valence-electron chi connectivity index (χ1n) is 6.08. The van der Waals surface area contributed by atoms with Crippen molar-refractivity contribution in [1.29, 1.82) is 0 Å². The molecule has 0 amide bonds. The first kappa shape index (κ1) is 14.9. The minimum Gasteiger partial charge on any atom is -0.313 e. The Hall–Kier alpha value is -1.52. The van der Waals surface area contributed by atoms with Crippen molar-refractivity contribution in [3.63, 3.8) is 0 Å². The number of rotatable bonds is 4. The van der Waals surface area contributed by atoms with Gasteiger partial charge < -0.3 is 5.32 Å². The van der Waals surface area contributed by atoms with Crippen LogP contribution in [0, 0.1) is 17.5 Å². The van der Waals surface area contributed by atoms with Gasteiger partial charge in [0.1, 0.15) is 5.82 Å². The van der Waals surface area contributed by atoms with E-state index >= 15 is 0 Å². The molecule has 2 aromatic carbocycles. The molecule has 20 heavy (non-hydrogen) atoms. The minimum atomic E-state index is -0.913. The van der Waals surface area contributed by atoms with E-state index in [-0.39, 0.29) is 11.1 Å². The Balaban J connectivity index is 2.28. The first-order valence-corrected chi connectivity index (χ1v) is 6.46. The summed E-state index contributed by atoms with van der Waals surface area (Å²) in [6, 6.07) is 8.00. The topological polar surface area (TPSA) is 12.0 Å². The Morgan fingerprint density at radius 1 is 1.10 bits per heavy atom. The van der Waals surface area contributed by atoms with E-state index in [2.05, 4.69) is 5.32 Å². The SMILES string of the molecule is CNC(Cc1ccc(F)c(F)c1)c1cccc(Cl)c1F. The van der Waals surface area contributed by atoms with Gasteiger partial charge in [-0.3, -0.25) is 0 Å². The van der Waals surface area contributed by atoms with Crippen molar-refractivity contribution < 1.29 is 13.2 Å². The quantitative estimate of drug-likeness (QED) is 0.889. The summed E-state index contributed by atoms with van der Waals surface area (Å²) in [5.74, 6) is -2.32. The van der Waals surface area contributed by atoms with E-state index in [0.717, 1.165) is 12.1 Å². The zero-order chi connectivity index (χ0) is 14.7. The minimum absolute atomic E-state index is 0.0352. The number of halogens is 4. The molecule has 0 aliphatic carbocycles. The highest BCUT2D eigenvalue weighted by Gasteiger charge is 2.17. The second-order valence-corrected chi connectivity index (χ2v) is 4.84. The number of nitrogens with one attached hydrogen (secondary N) is 1. The van der Waals surface area contributed by atoms with Gasteiger partial charge >= 0.3 is 0 Å². The zero-order valence-electron chi connectivity index (χ0n) is 10.8. The first-order chi connectivity index (χ1) is 9.52. The highest BCUT2D eigenvalue weighted by atomic mass is 35.5. The largest absolute Gasteiger partial charge is 0.313 e. The molecule has 0 spiro atoms. The summed E-state index contributed by atoms with van der Waals surface area (Å²) < 4.78 is 40.1. The van der Waals surface area contributed by atoms with E-state index in [9.17, 15) is 13.2 Å². The molecule has 0 fully saturated rings. The third kappa shape index (κ3) is 3.14. The van der Waals surface area contributed by atoms with Crippen LogP contribution in [-0.2, 0) is 6.42 Å². The predicted molar refractivity (Wildman–Crippen MR) is 73.3 cm³/mol. The number of benzene rings is 2. The van der Waals surface area contributed by atoms with Crippen LogP contribution >= 0.6 is 11.6 Å². The summed E-state index contributed by atoms with van der Waals surface area (Å²) >= 11 is 5.75. The predicted octanol–water partition coefficient (Wildman–Crippen LogP) is 4.26. The molecule has 1 N–H and O–H groups in total. The summed E-state index contributed by atoms with van der Waals surface area (Å²) in [6.45, 7) is 0. The summed E-state index contributed by atoms with van der Waals surface area (Å²) in [5, 5.41) is 2.99. The molecule has 0 saturated carbocycles. The van der Waals surface area contributed by atoms with Gasteiger partial charge in [-0.15, -0.1) is 0 Å². The van der Waals surface area contributed by atoms with Crippen LogP contribution < -0.4 is 5.32 Å². The molecule has 0 aliphatic rings. The molecule has 1 atom stereocenters. The number of hydrogen-bond acceptors (Lipinski definition) is 1. The summed E-state index contributed by atoms with van der Waals surface area (Å²) in [7, 11) is 1.67. The molecule has 2 aromatic rings. The van der Waals surface area contributed by atoms with Crippen LogP contribution in [0.25, 0.3) is 0 Å². The fourth-order valence-corrected chi connectivity index (χ4v) is 2.24. The second kappa shape index (κ2) is 6.29. The standard InChI is InChI=1S/C15H13ClF3N/c1-20-14(10-3-2-4-11(16)15(10)19)8-9-5-6-12(17)13(18)7-9/h2-7,14,20H,8H2,1H3. The Morgan fingerprint density at radius 3 is 2.50 bits per heavy atom. The highest BCUT2D eigenvalue weighted by molar-refractivity contribution is 6.30.